The molecule has 1 fully saturated rings. The molecular weight excluding hydrogens is 275 g/mol. The lowest BCUT2D eigenvalue weighted by molar-refractivity contribution is 0.289. The van der Waals surface area contributed by atoms with Gasteiger partial charge in [-0.15, -0.1) is 11.3 Å². The first kappa shape index (κ1) is 13.1. The number of nitriles is 1. The van der Waals surface area contributed by atoms with Crippen molar-refractivity contribution in [3.8, 4) is 11.8 Å². The van der Waals surface area contributed by atoms with Gasteiger partial charge in [0, 0.05) is 10.8 Å². The SMILES string of the molecule is N#CCc1sc(COc2ccccc2F)nc1C1CC1. The molecule has 1 heterocycles. The van der Waals surface area contributed by atoms with Crippen molar-refractivity contribution < 1.29 is 9.13 Å². The Hall–Kier alpha value is -1.93. The fourth-order valence-corrected chi connectivity index (χ4v) is 3.05. The van der Waals surface area contributed by atoms with Crippen molar-refractivity contribution in [3.63, 3.8) is 0 Å². The Balaban J connectivity index is 1.73. The number of hydrogen-bond donors (Lipinski definition) is 0. The van der Waals surface area contributed by atoms with Crippen LogP contribution in [0, 0.1) is 17.1 Å². The summed E-state index contributed by atoms with van der Waals surface area (Å²) in [7, 11) is 0. The molecular formula is C15H13FN2OS. The van der Waals surface area contributed by atoms with E-state index in [2.05, 4.69) is 11.1 Å². The molecule has 0 radical (unpaired) electrons. The lowest BCUT2D eigenvalue weighted by Crippen LogP contribution is -1.97. The highest BCUT2D eigenvalue weighted by Gasteiger charge is 2.29. The van der Waals surface area contributed by atoms with Crippen LogP contribution in [0.15, 0.2) is 24.3 Å². The van der Waals surface area contributed by atoms with E-state index in [-0.39, 0.29) is 18.2 Å². The molecule has 0 saturated heterocycles. The molecule has 1 aromatic carbocycles. The Labute approximate surface area is 120 Å². The van der Waals surface area contributed by atoms with E-state index in [9.17, 15) is 4.39 Å². The topological polar surface area (TPSA) is 45.9 Å². The lowest BCUT2D eigenvalue weighted by Gasteiger charge is -2.04. The summed E-state index contributed by atoms with van der Waals surface area (Å²) in [6.45, 7) is 0.247. The maximum absolute atomic E-state index is 13.5. The van der Waals surface area contributed by atoms with Crippen molar-refractivity contribution in [1.82, 2.24) is 4.98 Å². The van der Waals surface area contributed by atoms with E-state index in [0.29, 0.717) is 12.3 Å². The Bertz CT molecular complexity index is 658. The van der Waals surface area contributed by atoms with Crippen molar-refractivity contribution >= 4 is 11.3 Å². The Kier molecular flexibility index (Phi) is 3.66. The number of halogens is 1. The largest absolute Gasteiger partial charge is 0.483 e. The predicted octanol–water partition coefficient (Wildman–Crippen LogP) is 3.80. The fourth-order valence-electron chi connectivity index (χ4n) is 2.05. The van der Waals surface area contributed by atoms with Crippen LogP contribution in [0.1, 0.15) is 34.3 Å². The van der Waals surface area contributed by atoms with Gasteiger partial charge in [0.1, 0.15) is 11.6 Å². The lowest BCUT2D eigenvalue weighted by atomic mass is 10.2. The summed E-state index contributed by atoms with van der Waals surface area (Å²) in [5.74, 6) is 0.373. The molecule has 0 N–H and O–H groups in total. The number of rotatable bonds is 5. The van der Waals surface area contributed by atoms with Crippen LogP contribution in [-0.2, 0) is 13.0 Å². The van der Waals surface area contributed by atoms with Gasteiger partial charge in [-0.2, -0.15) is 5.26 Å². The highest BCUT2D eigenvalue weighted by Crippen LogP contribution is 2.42. The molecule has 20 heavy (non-hydrogen) atoms. The van der Waals surface area contributed by atoms with Crippen LogP contribution in [0.25, 0.3) is 0 Å². The van der Waals surface area contributed by atoms with E-state index in [1.165, 1.54) is 17.4 Å². The highest BCUT2D eigenvalue weighted by atomic mass is 32.1. The summed E-state index contributed by atoms with van der Waals surface area (Å²) in [5, 5.41) is 9.65. The molecule has 5 heteroatoms. The number of thiazole rings is 1. The summed E-state index contributed by atoms with van der Waals surface area (Å²) >= 11 is 1.50. The molecule has 3 rings (SSSR count). The Morgan fingerprint density at radius 1 is 1.40 bits per heavy atom. The first-order chi connectivity index (χ1) is 9.78. The molecule has 1 saturated carbocycles. The zero-order valence-electron chi connectivity index (χ0n) is 10.8. The molecule has 1 aromatic heterocycles. The van der Waals surface area contributed by atoms with Crippen molar-refractivity contribution in [2.75, 3.05) is 0 Å². The minimum atomic E-state index is -0.372. The van der Waals surface area contributed by atoms with Crippen LogP contribution in [0.2, 0.25) is 0 Å². The van der Waals surface area contributed by atoms with E-state index in [1.54, 1.807) is 18.2 Å². The number of para-hydroxylation sites is 1. The van der Waals surface area contributed by atoms with E-state index < -0.39 is 0 Å². The van der Waals surface area contributed by atoms with Gasteiger partial charge in [0.2, 0.25) is 0 Å². The van der Waals surface area contributed by atoms with Crippen LogP contribution in [0.3, 0.4) is 0 Å². The highest BCUT2D eigenvalue weighted by molar-refractivity contribution is 7.11. The molecule has 102 valence electrons. The van der Waals surface area contributed by atoms with Crippen LogP contribution in [0.4, 0.5) is 4.39 Å². The Morgan fingerprint density at radius 3 is 2.90 bits per heavy atom. The molecule has 0 spiro atoms. The maximum Gasteiger partial charge on any atom is 0.165 e. The second-order valence-corrected chi connectivity index (χ2v) is 5.91. The van der Waals surface area contributed by atoms with Crippen molar-refractivity contribution in [2.45, 2.75) is 31.8 Å². The molecule has 0 bridgehead atoms. The summed E-state index contributed by atoms with van der Waals surface area (Å²) in [4.78, 5) is 5.59. The number of hydrogen-bond acceptors (Lipinski definition) is 4. The van der Waals surface area contributed by atoms with Crippen molar-refractivity contribution in [3.05, 3.63) is 45.7 Å². The Morgan fingerprint density at radius 2 is 2.20 bits per heavy atom. The first-order valence-electron chi connectivity index (χ1n) is 6.50. The monoisotopic (exact) mass is 288 g/mol. The van der Waals surface area contributed by atoms with Gasteiger partial charge < -0.3 is 4.74 Å². The number of aromatic nitrogens is 1. The maximum atomic E-state index is 13.5. The average molecular weight is 288 g/mol. The van der Waals surface area contributed by atoms with Crippen LogP contribution < -0.4 is 4.74 Å². The zero-order chi connectivity index (χ0) is 13.9. The van der Waals surface area contributed by atoms with Crippen LogP contribution >= 0.6 is 11.3 Å². The minimum Gasteiger partial charge on any atom is -0.483 e. The van der Waals surface area contributed by atoms with Gasteiger partial charge in [-0.25, -0.2) is 9.37 Å². The zero-order valence-corrected chi connectivity index (χ0v) is 11.6. The van der Waals surface area contributed by atoms with Gasteiger partial charge in [0.25, 0.3) is 0 Å². The summed E-state index contributed by atoms with van der Waals surface area (Å²) in [6.07, 6.45) is 2.69. The van der Waals surface area contributed by atoms with Crippen LogP contribution in [-0.4, -0.2) is 4.98 Å². The van der Waals surface area contributed by atoms with Gasteiger partial charge in [-0.05, 0) is 25.0 Å². The second-order valence-electron chi connectivity index (χ2n) is 4.74. The molecule has 0 aliphatic heterocycles. The quantitative estimate of drug-likeness (QED) is 0.840. The standard InChI is InChI=1S/C15H13FN2OS/c16-11-3-1-2-4-12(11)19-9-14-18-15(10-5-6-10)13(20-14)7-8-17/h1-4,10H,5-7,9H2. The van der Waals surface area contributed by atoms with E-state index in [1.807, 2.05) is 0 Å². The minimum absolute atomic E-state index is 0.234. The van der Waals surface area contributed by atoms with E-state index in [4.69, 9.17) is 10.00 Å². The van der Waals surface area contributed by atoms with Crippen molar-refractivity contribution in [1.29, 1.82) is 5.26 Å². The first-order valence-corrected chi connectivity index (χ1v) is 7.32. The van der Waals surface area contributed by atoms with Gasteiger partial charge in [-0.1, -0.05) is 12.1 Å². The fraction of sp³-hybridized carbons (Fsp3) is 0.333. The van der Waals surface area contributed by atoms with Gasteiger partial charge >= 0.3 is 0 Å². The molecule has 0 unspecified atom stereocenters. The summed E-state index contributed by atoms with van der Waals surface area (Å²) < 4.78 is 18.9. The smallest absolute Gasteiger partial charge is 0.165 e. The van der Waals surface area contributed by atoms with Gasteiger partial charge in [0.15, 0.2) is 11.6 Å². The number of benzene rings is 1. The number of nitrogens with zero attached hydrogens (tertiary/aromatic N) is 2. The second kappa shape index (κ2) is 5.59. The molecule has 1 aliphatic carbocycles. The van der Waals surface area contributed by atoms with Crippen LogP contribution in [0.5, 0.6) is 5.75 Å². The molecule has 1 aliphatic rings. The number of ether oxygens (including phenoxy) is 1. The molecule has 2 aromatic rings. The third-order valence-corrected chi connectivity index (χ3v) is 4.21. The third-order valence-electron chi connectivity index (χ3n) is 3.16. The van der Waals surface area contributed by atoms with Gasteiger partial charge in [0.05, 0.1) is 18.2 Å². The predicted molar refractivity (Wildman–Crippen MR) is 74.1 cm³/mol. The molecule has 0 amide bonds. The van der Waals surface area contributed by atoms with Gasteiger partial charge in [-0.3, -0.25) is 0 Å². The molecule has 3 nitrogen and oxygen atoms in total. The molecule has 0 atom stereocenters. The van der Waals surface area contributed by atoms with E-state index >= 15 is 0 Å². The third kappa shape index (κ3) is 2.81. The van der Waals surface area contributed by atoms with E-state index in [0.717, 1.165) is 28.4 Å². The summed E-state index contributed by atoms with van der Waals surface area (Å²) in [6, 6.07) is 8.50. The van der Waals surface area contributed by atoms with Crippen molar-refractivity contribution in [2.24, 2.45) is 0 Å². The average Bonchev–Trinajstić information content (AvgIpc) is 3.21. The normalized spacial score (nSPS) is 14.0. The summed E-state index contributed by atoms with van der Waals surface area (Å²) in [5.41, 5.74) is 1.05.